The molecule has 1 aliphatic heterocycles. The van der Waals surface area contributed by atoms with Crippen molar-refractivity contribution < 1.29 is 14.3 Å². The van der Waals surface area contributed by atoms with Crippen LogP contribution < -0.4 is 5.73 Å². The molecule has 1 heterocycles. The lowest BCUT2D eigenvalue weighted by Crippen LogP contribution is -2.38. The Labute approximate surface area is 112 Å². The van der Waals surface area contributed by atoms with Crippen LogP contribution in [0.15, 0.2) is 18.2 Å². The van der Waals surface area contributed by atoms with E-state index in [9.17, 15) is 14.3 Å². The first-order valence-electron chi connectivity index (χ1n) is 6.59. The molecule has 104 valence electrons. The first-order valence-corrected chi connectivity index (χ1v) is 6.59. The van der Waals surface area contributed by atoms with Gasteiger partial charge in [-0.05, 0) is 43.9 Å². The number of carbonyl (C=O) groups is 1. The van der Waals surface area contributed by atoms with E-state index in [2.05, 4.69) is 0 Å². The zero-order chi connectivity index (χ0) is 13.8. The van der Waals surface area contributed by atoms with Gasteiger partial charge in [-0.2, -0.15) is 0 Å². The van der Waals surface area contributed by atoms with Gasteiger partial charge in [0.15, 0.2) is 0 Å². The quantitative estimate of drug-likeness (QED) is 0.875. The summed E-state index contributed by atoms with van der Waals surface area (Å²) >= 11 is 0. The Morgan fingerprint density at radius 2 is 2.11 bits per heavy atom. The molecule has 0 saturated carbocycles. The fourth-order valence-electron chi connectivity index (χ4n) is 2.52. The maximum absolute atomic E-state index is 12.9. The van der Waals surface area contributed by atoms with Gasteiger partial charge in [-0.3, -0.25) is 4.79 Å². The molecule has 1 amide bonds. The number of likely N-dealkylation sites (tertiary alicyclic amines) is 1. The van der Waals surface area contributed by atoms with Gasteiger partial charge >= 0.3 is 0 Å². The van der Waals surface area contributed by atoms with Crippen molar-refractivity contribution in [1.29, 1.82) is 0 Å². The van der Waals surface area contributed by atoms with Crippen molar-refractivity contribution in [3.05, 3.63) is 29.6 Å². The van der Waals surface area contributed by atoms with Crippen LogP contribution in [0.3, 0.4) is 0 Å². The third-order valence-corrected chi connectivity index (χ3v) is 3.67. The number of rotatable bonds is 3. The monoisotopic (exact) mass is 266 g/mol. The van der Waals surface area contributed by atoms with E-state index < -0.39 is 5.82 Å². The van der Waals surface area contributed by atoms with Gasteiger partial charge in [0.2, 0.25) is 0 Å². The Hall–Kier alpha value is -1.62. The number of nitrogens with zero attached hydrogens (tertiary/aromatic N) is 1. The molecule has 2 rings (SSSR count). The summed E-state index contributed by atoms with van der Waals surface area (Å²) in [6.07, 6.45) is 2.86. The second-order valence-corrected chi connectivity index (χ2v) is 4.97. The number of halogens is 1. The molecule has 1 saturated heterocycles. The average Bonchev–Trinajstić information content (AvgIpc) is 2.39. The number of amides is 1. The summed E-state index contributed by atoms with van der Waals surface area (Å²) in [6.45, 7) is 2.01. The van der Waals surface area contributed by atoms with Crippen LogP contribution in [0.4, 0.5) is 4.39 Å². The third kappa shape index (κ3) is 3.23. The Morgan fingerprint density at radius 3 is 2.68 bits per heavy atom. The molecule has 0 spiro atoms. The molecular weight excluding hydrogens is 247 g/mol. The normalized spacial score (nSPS) is 16.6. The van der Waals surface area contributed by atoms with Crippen LogP contribution in [0, 0.1) is 11.7 Å². The summed E-state index contributed by atoms with van der Waals surface area (Å²) in [4.78, 5) is 13.9. The van der Waals surface area contributed by atoms with E-state index in [4.69, 9.17) is 5.73 Å². The van der Waals surface area contributed by atoms with Gasteiger partial charge in [0, 0.05) is 19.2 Å². The zero-order valence-corrected chi connectivity index (χ0v) is 10.8. The molecule has 0 aliphatic carbocycles. The number of benzene rings is 1. The van der Waals surface area contributed by atoms with Crippen molar-refractivity contribution in [2.45, 2.75) is 19.3 Å². The molecule has 0 aromatic heterocycles. The number of hydrogen-bond donors (Lipinski definition) is 2. The molecule has 1 aliphatic rings. The fourth-order valence-corrected chi connectivity index (χ4v) is 2.52. The van der Waals surface area contributed by atoms with E-state index in [1.807, 2.05) is 0 Å². The van der Waals surface area contributed by atoms with Crippen LogP contribution in [0.5, 0.6) is 5.75 Å². The van der Waals surface area contributed by atoms with Gasteiger partial charge < -0.3 is 15.7 Å². The van der Waals surface area contributed by atoms with Crippen LogP contribution in [-0.2, 0) is 0 Å². The van der Waals surface area contributed by atoms with Crippen LogP contribution in [0.25, 0.3) is 0 Å². The highest BCUT2D eigenvalue weighted by Crippen LogP contribution is 2.24. The van der Waals surface area contributed by atoms with Crippen molar-refractivity contribution in [2.75, 3.05) is 19.6 Å². The van der Waals surface area contributed by atoms with Gasteiger partial charge in [-0.25, -0.2) is 4.39 Å². The largest absolute Gasteiger partial charge is 0.507 e. The topological polar surface area (TPSA) is 66.6 Å². The number of phenols is 1. The van der Waals surface area contributed by atoms with E-state index in [0.717, 1.165) is 25.3 Å². The van der Waals surface area contributed by atoms with Crippen molar-refractivity contribution in [2.24, 2.45) is 11.7 Å². The van der Waals surface area contributed by atoms with Crippen molar-refractivity contribution in [1.82, 2.24) is 4.90 Å². The van der Waals surface area contributed by atoms with Crippen LogP contribution in [0.2, 0.25) is 0 Å². The van der Waals surface area contributed by atoms with Gasteiger partial charge in [0.25, 0.3) is 5.91 Å². The summed E-state index contributed by atoms with van der Waals surface area (Å²) in [7, 11) is 0. The first kappa shape index (κ1) is 13.8. The standard InChI is InChI=1S/C14H19FN2O2/c15-11-1-2-12(13(18)9-11)14(19)17-7-4-10(3-6-16)5-8-17/h1-2,9-10,18H,3-8,16H2. The van der Waals surface area contributed by atoms with E-state index in [-0.39, 0.29) is 17.2 Å². The van der Waals surface area contributed by atoms with Crippen molar-refractivity contribution in [3.8, 4) is 5.75 Å². The molecule has 3 N–H and O–H groups in total. The molecule has 4 nitrogen and oxygen atoms in total. The molecule has 0 radical (unpaired) electrons. The first-order chi connectivity index (χ1) is 9.11. The van der Waals surface area contributed by atoms with Gasteiger partial charge in [-0.1, -0.05) is 0 Å². The van der Waals surface area contributed by atoms with Gasteiger partial charge in [0.1, 0.15) is 11.6 Å². The summed E-state index contributed by atoms with van der Waals surface area (Å²) in [5, 5.41) is 9.62. The van der Waals surface area contributed by atoms with E-state index in [1.54, 1.807) is 4.90 Å². The minimum Gasteiger partial charge on any atom is -0.507 e. The summed E-state index contributed by atoms with van der Waals surface area (Å²) < 4.78 is 12.9. The number of hydrogen-bond acceptors (Lipinski definition) is 3. The molecule has 1 aromatic rings. The number of piperidine rings is 1. The second kappa shape index (κ2) is 6.02. The highest BCUT2D eigenvalue weighted by Gasteiger charge is 2.24. The Bertz CT molecular complexity index is 457. The zero-order valence-electron chi connectivity index (χ0n) is 10.8. The van der Waals surface area contributed by atoms with E-state index in [1.165, 1.54) is 12.1 Å². The number of nitrogens with two attached hydrogens (primary N) is 1. The van der Waals surface area contributed by atoms with Gasteiger partial charge in [0.05, 0.1) is 5.56 Å². The van der Waals surface area contributed by atoms with Crippen LogP contribution >= 0.6 is 0 Å². The van der Waals surface area contributed by atoms with Crippen molar-refractivity contribution in [3.63, 3.8) is 0 Å². The number of carbonyl (C=O) groups excluding carboxylic acids is 1. The molecule has 0 atom stereocenters. The number of phenolic OH excluding ortho intramolecular Hbond substituents is 1. The third-order valence-electron chi connectivity index (χ3n) is 3.67. The van der Waals surface area contributed by atoms with E-state index in [0.29, 0.717) is 25.6 Å². The maximum Gasteiger partial charge on any atom is 0.257 e. The van der Waals surface area contributed by atoms with Crippen LogP contribution in [-0.4, -0.2) is 35.5 Å². The Balaban J connectivity index is 2.01. The summed E-state index contributed by atoms with van der Waals surface area (Å²) in [6, 6.07) is 3.49. The smallest absolute Gasteiger partial charge is 0.257 e. The lowest BCUT2D eigenvalue weighted by molar-refractivity contribution is 0.0685. The molecule has 5 heteroatoms. The number of aromatic hydroxyl groups is 1. The highest BCUT2D eigenvalue weighted by molar-refractivity contribution is 5.96. The average molecular weight is 266 g/mol. The molecule has 19 heavy (non-hydrogen) atoms. The Kier molecular flexibility index (Phi) is 4.37. The molecular formula is C14H19FN2O2. The van der Waals surface area contributed by atoms with E-state index >= 15 is 0 Å². The maximum atomic E-state index is 12.9. The minimum atomic E-state index is -0.546. The molecule has 1 aromatic carbocycles. The molecule has 0 unspecified atom stereocenters. The lowest BCUT2D eigenvalue weighted by atomic mass is 9.93. The second-order valence-electron chi connectivity index (χ2n) is 4.97. The lowest BCUT2D eigenvalue weighted by Gasteiger charge is -2.32. The van der Waals surface area contributed by atoms with Crippen LogP contribution in [0.1, 0.15) is 29.6 Å². The predicted molar refractivity (Wildman–Crippen MR) is 70.4 cm³/mol. The summed E-state index contributed by atoms with van der Waals surface area (Å²) in [5.74, 6) is -0.496. The molecule has 1 fully saturated rings. The predicted octanol–water partition coefficient (Wildman–Crippen LogP) is 1.73. The fraction of sp³-hybridized carbons (Fsp3) is 0.500. The SMILES string of the molecule is NCCC1CCN(C(=O)c2ccc(F)cc2O)CC1. The molecule has 0 bridgehead atoms. The Morgan fingerprint density at radius 1 is 1.42 bits per heavy atom. The minimum absolute atomic E-state index is 0.165. The highest BCUT2D eigenvalue weighted by atomic mass is 19.1. The summed E-state index contributed by atoms with van der Waals surface area (Å²) in [5.41, 5.74) is 5.70. The van der Waals surface area contributed by atoms with Crippen molar-refractivity contribution >= 4 is 5.91 Å². The van der Waals surface area contributed by atoms with Gasteiger partial charge in [-0.15, -0.1) is 0 Å².